The molecule has 0 amide bonds. The molecule has 1 N–H and O–H groups in total. The highest BCUT2D eigenvalue weighted by Crippen LogP contribution is 2.50. The number of hydrogen-bond acceptors (Lipinski definition) is 4. The van der Waals surface area contributed by atoms with Crippen molar-refractivity contribution >= 4 is 168 Å². The number of halogens is 1. The van der Waals surface area contributed by atoms with E-state index in [1.54, 1.807) is 0 Å². The Hall–Kier alpha value is -13.6. The molecule has 0 atom stereocenters. The van der Waals surface area contributed by atoms with Crippen LogP contribution in [0.4, 0.5) is 28.4 Å². The van der Waals surface area contributed by atoms with Gasteiger partial charge in [-0.15, -0.1) is 22.7 Å². The summed E-state index contributed by atoms with van der Waals surface area (Å²) in [6.07, 6.45) is 0. The Morgan fingerprint density at radius 3 is 1.14 bits per heavy atom. The standard InChI is InChI=1S/C52H34N2S.C28H19NS.C24H16ClN/c1-3-15-36(16-4-1)42-24-13-26-45-46-27-14-30-49(52(46)55-51(42)45)53(47-29-11-18-35-17-7-8-21-40(35)47)39-33-31-37(32-34-39)41-23-12-25-44-43-22-9-10-28-48(43)54(50(41)44)38-19-5-2-6-20-38;1-2-9-20(10-3-1)22-14-7-15-23-24-16-8-18-26(28(24)30-27(22)23)29-25-17-6-12-19-11-4-5-13-21(19)25;25-18-15-13-17(14-16-18)20-10-6-11-22-21-9-4-5-12-23(21)26(24(20)22)19-7-2-1-3-8-19/h1-34H;1-18,29H;1-16H. The van der Waals surface area contributed by atoms with Crippen LogP contribution in [0.5, 0.6) is 0 Å². The number of nitrogens with one attached hydrogen (secondary N) is 1. The zero-order valence-electron chi connectivity index (χ0n) is 60.3. The molecule has 4 aromatic heterocycles. The van der Waals surface area contributed by atoms with Gasteiger partial charge in [0.2, 0.25) is 0 Å². The van der Waals surface area contributed by atoms with Crippen LogP contribution in [0.1, 0.15) is 0 Å². The van der Waals surface area contributed by atoms with Crippen molar-refractivity contribution in [2.75, 3.05) is 10.2 Å². The van der Waals surface area contributed by atoms with E-state index < -0.39 is 0 Å². The van der Waals surface area contributed by atoms with Gasteiger partial charge < -0.3 is 19.4 Å². The number of aromatic nitrogens is 2. The molecule has 0 bridgehead atoms. The summed E-state index contributed by atoms with van der Waals surface area (Å²) in [6, 6.07) is 148. The summed E-state index contributed by atoms with van der Waals surface area (Å²) >= 11 is 9.87. The van der Waals surface area contributed by atoms with Crippen LogP contribution in [-0.4, -0.2) is 9.13 Å². The summed E-state index contributed by atoms with van der Waals surface area (Å²) in [5, 5.41) is 19.6. The van der Waals surface area contributed by atoms with E-state index in [1.165, 1.54) is 161 Å². The Labute approximate surface area is 656 Å². The van der Waals surface area contributed by atoms with Crippen molar-refractivity contribution in [2.24, 2.45) is 0 Å². The first-order chi connectivity index (χ1) is 55.0. The molecule has 0 radical (unpaired) electrons. The molecule has 22 rings (SSSR count). The maximum absolute atomic E-state index is 6.10. The lowest BCUT2D eigenvalue weighted by Crippen LogP contribution is -2.10. The maximum atomic E-state index is 6.10. The summed E-state index contributed by atoms with van der Waals surface area (Å²) in [7, 11) is 0. The predicted octanol–water partition coefficient (Wildman–Crippen LogP) is 30.8. The number of rotatable bonds is 11. The molecule has 4 heterocycles. The van der Waals surface area contributed by atoms with Gasteiger partial charge in [-0.1, -0.05) is 339 Å². The quantitative estimate of drug-likeness (QED) is 0.140. The number of anilines is 5. The summed E-state index contributed by atoms with van der Waals surface area (Å²) in [5.74, 6) is 0. The van der Waals surface area contributed by atoms with E-state index in [-0.39, 0.29) is 0 Å². The molecular weight excluding hydrogens is 1400 g/mol. The van der Waals surface area contributed by atoms with Gasteiger partial charge in [-0.3, -0.25) is 0 Å². The van der Waals surface area contributed by atoms with Gasteiger partial charge in [0.15, 0.2) is 0 Å². The van der Waals surface area contributed by atoms with Crippen LogP contribution in [-0.2, 0) is 0 Å². The smallest absolute Gasteiger partial charge is 0.0640 e. The minimum absolute atomic E-state index is 0.754. The minimum atomic E-state index is 0.754. The minimum Gasteiger partial charge on any atom is -0.354 e. The molecule has 524 valence electrons. The van der Waals surface area contributed by atoms with Crippen LogP contribution in [0.3, 0.4) is 0 Å². The third-order valence-electron chi connectivity index (χ3n) is 21.5. The van der Waals surface area contributed by atoms with Crippen molar-refractivity contribution in [1.82, 2.24) is 9.13 Å². The largest absolute Gasteiger partial charge is 0.354 e. The summed E-state index contributed by atoms with van der Waals surface area (Å²) in [6.45, 7) is 0. The fraction of sp³-hybridized carbons (Fsp3) is 0. The summed E-state index contributed by atoms with van der Waals surface area (Å²) in [5.41, 5.74) is 22.8. The molecule has 4 nitrogen and oxygen atoms in total. The van der Waals surface area contributed by atoms with Crippen LogP contribution in [0.2, 0.25) is 5.02 Å². The summed E-state index contributed by atoms with van der Waals surface area (Å²) in [4.78, 5) is 2.47. The second kappa shape index (κ2) is 28.9. The van der Waals surface area contributed by atoms with Gasteiger partial charge in [-0.05, 0) is 129 Å². The van der Waals surface area contributed by atoms with E-state index in [0.29, 0.717) is 0 Å². The third kappa shape index (κ3) is 12.1. The Morgan fingerprint density at radius 1 is 0.234 bits per heavy atom. The van der Waals surface area contributed by atoms with E-state index in [1.807, 2.05) is 34.8 Å². The van der Waals surface area contributed by atoms with Gasteiger partial charge in [0, 0.05) is 102 Å². The average Bonchev–Trinajstić information content (AvgIpc) is 1.61. The topological polar surface area (TPSA) is 25.1 Å². The van der Waals surface area contributed by atoms with E-state index in [2.05, 4.69) is 420 Å². The fourth-order valence-electron chi connectivity index (χ4n) is 16.5. The molecule has 18 aromatic carbocycles. The van der Waals surface area contributed by atoms with Gasteiger partial charge in [-0.2, -0.15) is 0 Å². The second-order valence-corrected chi connectivity index (χ2v) is 30.4. The van der Waals surface area contributed by atoms with Gasteiger partial charge in [-0.25, -0.2) is 0 Å². The zero-order chi connectivity index (χ0) is 73.7. The normalized spacial score (nSPS) is 11.5. The van der Waals surface area contributed by atoms with Gasteiger partial charge >= 0.3 is 0 Å². The van der Waals surface area contributed by atoms with E-state index in [4.69, 9.17) is 11.6 Å². The molecule has 0 aliphatic heterocycles. The lowest BCUT2D eigenvalue weighted by Gasteiger charge is -2.27. The highest BCUT2D eigenvalue weighted by molar-refractivity contribution is 7.27. The van der Waals surface area contributed by atoms with Crippen LogP contribution in [0.25, 0.3) is 161 Å². The van der Waals surface area contributed by atoms with Crippen LogP contribution in [0, 0.1) is 0 Å². The molecule has 0 saturated heterocycles. The van der Waals surface area contributed by atoms with Crippen molar-refractivity contribution in [3.8, 4) is 55.9 Å². The Bertz CT molecular complexity index is 7220. The molecule has 0 saturated carbocycles. The van der Waals surface area contributed by atoms with Crippen LogP contribution >= 0.6 is 34.3 Å². The molecule has 0 aliphatic rings. The molecule has 0 unspecified atom stereocenters. The number of fused-ring (bicyclic) bond motifs is 14. The zero-order valence-corrected chi connectivity index (χ0v) is 62.7. The third-order valence-corrected chi connectivity index (χ3v) is 24.3. The molecule has 7 heteroatoms. The van der Waals surface area contributed by atoms with E-state index in [9.17, 15) is 0 Å². The molecule has 0 fully saturated rings. The van der Waals surface area contributed by atoms with Crippen molar-refractivity contribution in [3.63, 3.8) is 0 Å². The molecule has 0 spiro atoms. The number of para-hydroxylation sites is 6. The van der Waals surface area contributed by atoms with Crippen molar-refractivity contribution in [1.29, 1.82) is 0 Å². The monoisotopic (exact) mass is 1470 g/mol. The Morgan fingerprint density at radius 2 is 0.586 bits per heavy atom. The predicted molar refractivity (Wildman–Crippen MR) is 480 cm³/mol. The van der Waals surface area contributed by atoms with Gasteiger partial charge in [0.25, 0.3) is 0 Å². The van der Waals surface area contributed by atoms with Crippen molar-refractivity contribution in [3.05, 3.63) is 418 Å². The van der Waals surface area contributed by atoms with Crippen LogP contribution in [0.15, 0.2) is 413 Å². The van der Waals surface area contributed by atoms with Gasteiger partial charge in [0.1, 0.15) is 0 Å². The molecule has 111 heavy (non-hydrogen) atoms. The Kier molecular flexibility index (Phi) is 17.4. The number of nitrogens with zero attached hydrogens (tertiary/aromatic N) is 3. The lowest BCUT2D eigenvalue weighted by molar-refractivity contribution is 1.18. The first kappa shape index (κ1) is 66.8. The number of hydrogen-bond donors (Lipinski definition) is 1. The highest BCUT2D eigenvalue weighted by atomic mass is 35.5. The first-order valence-electron chi connectivity index (χ1n) is 37.6. The fourth-order valence-corrected chi connectivity index (χ4v) is 19.3. The van der Waals surface area contributed by atoms with E-state index >= 15 is 0 Å². The summed E-state index contributed by atoms with van der Waals surface area (Å²) < 4.78 is 9.99. The SMILES string of the molecule is Clc1ccc(-c2cccc3c4ccccc4n(-c4ccccc4)c23)cc1.c1ccc(-c2cccc3c2sc2c(N(c4ccc(-c5cccc6c7ccccc7n(-c7ccccc7)c56)cc4)c4cccc5ccccc45)cccc23)cc1.c1ccc(-c2cccc3c2sc2c(Nc4cccc5ccccc45)cccc23)cc1. The maximum Gasteiger partial charge on any atom is 0.0640 e. The second-order valence-electron chi connectivity index (χ2n) is 28.0. The van der Waals surface area contributed by atoms with Crippen molar-refractivity contribution < 1.29 is 0 Å². The molecular formula is C104H69ClN4S2. The Balaban J connectivity index is 0.000000120. The lowest BCUT2D eigenvalue weighted by atomic mass is 10.0. The molecule has 22 aromatic rings. The van der Waals surface area contributed by atoms with Gasteiger partial charge in [0.05, 0.1) is 48.5 Å². The number of thiophene rings is 2. The highest BCUT2D eigenvalue weighted by Gasteiger charge is 2.24. The molecule has 0 aliphatic carbocycles. The average molecular weight is 1470 g/mol. The van der Waals surface area contributed by atoms with Crippen molar-refractivity contribution in [2.45, 2.75) is 0 Å². The van der Waals surface area contributed by atoms with Crippen LogP contribution < -0.4 is 10.2 Å². The first-order valence-corrected chi connectivity index (χ1v) is 39.6. The van der Waals surface area contributed by atoms with E-state index in [0.717, 1.165) is 33.5 Å². The number of benzene rings is 18.